The van der Waals surface area contributed by atoms with Crippen molar-refractivity contribution >= 4 is 28.8 Å². The van der Waals surface area contributed by atoms with Gasteiger partial charge in [-0.15, -0.1) is 0 Å². The summed E-state index contributed by atoms with van der Waals surface area (Å²) in [6.45, 7) is 1.29. The van der Waals surface area contributed by atoms with Crippen molar-refractivity contribution < 1.29 is 22.7 Å². The Bertz CT molecular complexity index is 1530. The summed E-state index contributed by atoms with van der Waals surface area (Å²) >= 11 is 6.24. The predicted molar refractivity (Wildman–Crippen MR) is 132 cm³/mol. The third kappa shape index (κ3) is 5.23. The molecule has 0 aliphatic heterocycles. The van der Waals surface area contributed by atoms with Crippen LogP contribution in [0.1, 0.15) is 17.3 Å². The van der Waals surface area contributed by atoms with Gasteiger partial charge in [-0.25, -0.2) is 18.2 Å². The van der Waals surface area contributed by atoms with E-state index in [0.717, 1.165) is 16.5 Å². The van der Waals surface area contributed by atoms with Crippen molar-refractivity contribution in [1.29, 1.82) is 0 Å². The molecule has 1 atom stereocenters. The molecule has 1 unspecified atom stereocenters. The number of rotatable bonds is 8. The number of carbonyl (C=O) groups excluding carboxylic acids is 1. The fraction of sp³-hybridized carbons (Fsp3) is 0.160. The number of aromatic nitrogens is 3. The minimum absolute atomic E-state index is 0.0393. The van der Waals surface area contributed by atoms with E-state index in [9.17, 15) is 22.8 Å². The lowest BCUT2D eigenvalue weighted by molar-refractivity contribution is -0.119. The van der Waals surface area contributed by atoms with E-state index in [1.165, 1.54) is 13.2 Å². The van der Waals surface area contributed by atoms with Crippen molar-refractivity contribution in [1.82, 2.24) is 14.1 Å². The smallest absolute Gasteiger partial charge is 0.275 e. The van der Waals surface area contributed by atoms with Crippen molar-refractivity contribution in [2.45, 2.75) is 13.0 Å². The van der Waals surface area contributed by atoms with Crippen LogP contribution < -0.4 is 21.3 Å². The number of ether oxygens (including phenoxy) is 1. The van der Waals surface area contributed by atoms with E-state index in [4.69, 9.17) is 22.1 Å². The Labute approximate surface area is 214 Å². The molecule has 2 aromatic heterocycles. The first-order valence-electron chi connectivity index (χ1n) is 10.9. The molecule has 37 heavy (non-hydrogen) atoms. The van der Waals surface area contributed by atoms with Crippen LogP contribution in [0.15, 0.2) is 59.9 Å². The summed E-state index contributed by atoms with van der Waals surface area (Å²) in [6.07, 6.45) is 4.58. The summed E-state index contributed by atoms with van der Waals surface area (Å²) in [4.78, 5) is 30.3. The average molecular weight is 532 g/mol. The Hall–Kier alpha value is -4.09. The molecule has 0 aliphatic rings. The number of benzene rings is 2. The fourth-order valence-electron chi connectivity index (χ4n) is 3.87. The van der Waals surface area contributed by atoms with Crippen LogP contribution in [0.2, 0.25) is 5.02 Å². The van der Waals surface area contributed by atoms with E-state index >= 15 is 0 Å². The maximum Gasteiger partial charge on any atom is 0.275 e. The molecule has 0 bridgehead atoms. The number of carbonyl (C=O) groups is 1. The zero-order valence-electron chi connectivity index (χ0n) is 19.6. The summed E-state index contributed by atoms with van der Waals surface area (Å²) in [5.74, 6) is -5.01. The molecule has 0 fully saturated rings. The number of anilines is 2. The topological polar surface area (TPSA) is 104 Å². The monoisotopic (exact) mass is 531 g/mol. The van der Waals surface area contributed by atoms with Gasteiger partial charge < -0.3 is 20.4 Å². The first-order valence-corrected chi connectivity index (χ1v) is 11.3. The zero-order valence-corrected chi connectivity index (χ0v) is 20.4. The van der Waals surface area contributed by atoms with E-state index in [1.54, 1.807) is 29.1 Å². The molecular weight excluding hydrogens is 511 g/mol. The van der Waals surface area contributed by atoms with E-state index in [1.807, 2.05) is 13.1 Å². The van der Waals surface area contributed by atoms with Crippen LogP contribution in [-0.4, -0.2) is 33.6 Å². The van der Waals surface area contributed by atoms with Gasteiger partial charge in [0.15, 0.2) is 23.2 Å². The predicted octanol–water partition coefficient (Wildman–Crippen LogP) is 4.28. The number of aryl methyl sites for hydroxylation is 1. The third-order valence-electron chi connectivity index (χ3n) is 5.56. The lowest BCUT2D eigenvalue weighted by Gasteiger charge is -2.21. The molecule has 0 saturated heterocycles. The lowest BCUT2D eigenvalue weighted by atomic mass is 10.0. The number of pyridine rings is 1. The van der Waals surface area contributed by atoms with Gasteiger partial charge in [0.1, 0.15) is 17.5 Å². The highest BCUT2D eigenvalue weighted by molar-refractivity contribution is 6.30. The molecular formula is C25H21ClF3N5O3. The summed E-state index contributed by atoms with van der Waals surface area (Å²) in [7, 11) is 1.49. The van der Waals surface area contributed by atoms with Gasteiger partial charge in [-0.05, 0) is 42.8 Å². The van der Waals surface area contributed by atoms with E-state index < -0.39 is 41.4 Å². The van der Waals surface area contributed by atoms with Crippen molar-refractivity contribution in [3.63, 3.8) is 0 Å². The highest BCUT2D eigenvalue weighted by atomic mass is 35.5. The van der Waals surface area contributed by atoms with Gasteiger partial charge in [0.25, 0.3) is 5.56 Å². The minimum atomic E-state index is -1.70. The van der Waals surface area contributed by atoms with Crippen molar-refractivity contribution in [3.8, 4) is 11.4 Å². The fourth-order valence-corrected chi connectivity index (χ4v) is 4.09. The second-order valence-corrected chi connectivity index (χ2v) is 8.53. The number of Topliss-reactive ketones (excluding diaryl/α,β-unsaturated/α-hetero) is 1. The summed E-state index contributed by atoms with van der Waals surface area (Å²) < 4.78 is 49.6. The lowest BCUT2D eigenvalue weighted by Crippen LogP contribution is -2.34. The Morgan fingerprint density at radius 2 is 1.86 bits per heavy atom. The van der Waals surface area contributed by atoms with Gasteiger partial charge in [0, 0.05) is 24.1 Å². The van der Waals surface area contributed by atoms with E-state index in [-0.39, 0.29) is 16.3 Å². The largest absolute Gasteiger partial charge is 0.494 e. The van der Waals surface area contributed by atoms with Crippen LogP contribution >= 0.6 is 11.6 Å². The van der Waals surface area contributed by atoms with Gasteiger partial charge in [-0.1, -0.05) is 11.6 Å². The van der Waals surface area contributed by atoms with E-state index in [0.29, 0.717) is 29.3 Å². The molecule has 0 aliphatic carbocycles. The number of halogens is 4. The number of imidazole rings is 1. The Kier molecular flexibility index (Phi) is 7.37. The number of methoxy groups -OCH3 is 1. The van der Waals surface area contributed by atoms with Crippen LogP contribution in [-0.2, 0) is 4.79 Å². The number of nitrogens with two attached hydrogens (primary N) is 1. The normalized spacial score (nSPS) is 11.9. The minimum Gasteiger partial charge on any atom is -0.494 e. The Morgan fingerprint density at radius 3 is 2.46 bits per heavy atom. The first-order chi connectivity index (χ1) is 17.6. The summed E-state index contributed by atoms with van der Waals surface area (Å²) in [5.41, 5.74) is 6.38. The molecule has 4 aromatic rings. The third-order valence-corrected chi connectivity index (χ3v) is 5.77. The van der Waals surface area contributed by atoms with Crippen LogP contribution in [0.3, 0.4) is 0 Å². The molecule has 192 valence electrons. The van der Waals surface area contributed by atoms with Gasteiger partial charge in [0.05, 0.1) is 36.4 Å². The zero-order chi connectivity index (χ0) is 26.9. The molecule has 0 radical (unpaired) electrons. The second-order valence-electron chi connectivity index (χ2n) is 8.09. The number of hydrogen-bond donors (Lipinski definition) is 2. The maximum atomic E-state index is 14.0. The first kappa shape index (κ1) is 26.0. The maximum absolute atomic E-state index is 14.0. The number of nitrogens with one attached hydrogen (secondary N) is 1. The molecule has 0 saturated carbocycles. The van der Waals surface area contributed by atoms with Gasteiger partial charge in [0.2, 0.25) is 0 Å². The Morgan fingerprint density at radius 1 is 1.16 bits per heavy atom. The molecule has 0 amide bonds. The van der Waals surface area contributed by atoms with Crippen molar-refractivity contribution in [2.75, 3.05) is 19.0 Å². The van der Waals surface area contributed by atoms with Crippen molar-refractivity contribution in [2.24, 2.45) is 5.73 Å². The molecule has 3 N–H and O–H groups in total. The standard InChI is InChI=1S/C25H21ClF3N5O3/c1-13-10-33(12-31-13)20-4-3-16(8-22(20)37-2)32-19-7-15(26)11-34(25(19)36)24(21(35)9-30)14-5-17(27)23(29)18(28)6-14/h3-8,10-12,24,32H,9,30H2,1-2H3. The van der Waals surface area contributed by atoms with E-state index in [2.05, 4.69) is 10.3 Å². The van der Waals surface area contributed by atoms with Crippen LogP contribution in [0, 0.1) is 24.4 Å². The molecule has 2 heterocycles. The Balaban J connectivity index is 1.77. The molecule has 12 heteroatoms. The SMILES string of the molecule is COc1cc(Nc2cc(Cl)cn(C(C(=O)CN)c3cc(F)c(F)c(F)c3)c2=O)ccc1-n1cnc(C)c1. The highest BCUT2D eigenvalue weighted by Gasteiger charge is 2.26. The number of nitrogens with zero attached hydrogens (tertiary/aromatic N) is 3. The van der Waals surface area contributed by atoms with Crippen molar-refractivity contribution in [3.05, 3.63) is 99.2 Å². The second kappa shape index (κ2) is 10.5. The van der Waals surface area contributed by atoms with Crippen LogP contribution in [0.25, 0.3) is 5.69 Å². The molecule has 8 nitrogen and oxygen atoms in total. The van der Waals surface area contributed by atoms with Gasteiger partial charge in [-0.2, -0.15) is 0 Å². The van der Waals surface area contributed by atoms with Gasteiger partial charge in [-0.3, -0.25) is 14.2 Å². The quantitative estimate of drug-likeness (QED) is 0.329. The van der Waals surface area contributed by atoms with Crippen LogP contribution in [0.4, 0.5) is 24.5 Å². The average Bonchev–Trinajstić information content (AvgIpc) is 3.30. The summed E-state index contributed by atoms with van der Waals surface area (Å²) in [6, 6.07) is 6.12. The van der Waals surface area contributed by atoms with Crippen LogP contribution in [0.5, 0.6) is 5.75 Å². The molecule has 4 rings (SSSR count). The summed E-state index contributed by atoms with van der Waals surface area (Å²) in [5, 5.41) is 2.97. The number of ketones is 1. The highest BCUT2D eigenvalue weighted by Crippen LogP contribution is 2.29. The molecule has 0 spiro atoms. The van der Waals surface area contributed by atoms with Gasteiger partial charge >= 0.3 is 0 Å². The number of hydrogen-bond acceptors (Lipinski definition) is 6. The molecule has 2 aromatic carbocycles.